The number of aliphatic imine (C=N–C) groups is 1. The first-order valence-electron chi connectivity index (χ1n) is 9.83. The first kappa shape index (κ1) is 26.9. The molecule has 1 aliphatic heterocycles. The first-order chi connectivity index (χ1) is 13.7. The van der Waals surface area contributed by atoms with Gasteiger partial charge in [-0.15, -0.1) is 24.0 Å². The molecule has 1 fully saturated rings. The number of rotatable bonds is 8. The van der Waals surface area contributed by atoms with Crippen molar-refractivity contribution in [3.8, 4) is 5.75 Å². The minimum Gasteiger partial charge on any atom is -0.505 e. The predicted octanol–water partition coefficient (Wildman–Crippen LogP) is 1.99. The molecule has 1 aliphatic rings. The Morgan fingerprint density at radius 2 is 1.97 bits per heavy atom. The Morgan fingerprint density at radius 3 is 2.53 bits per heavy atom. The molecule has 2 N–H and O–H groups in total. The highest BCUT2D eigenvalue weighted by Crippen LogP contribution is 2.17. The highest BCUT2D eigenvalue weighted by atomic mass is 127. The van der Waals surface area contributed by atoms with Crippen LogP contribution in [0.15, 0.2) is 23.2 Å². The number of halogens is 2. The number of phenolic OH excluding ortho intramolecular Hbond substituents is 1. The Morgan fingerprint density at radius 1 is 1.30 bits per heavy atom. The molecule has 0 aliphatic carbocycles. The molecular weight excluding hydrogens is 526 g/mol. The number of sulfonamides is 1. The summed E-state index contributed by atoms with van der Waals surface area (Å²) in [6.45, 7) is 8.58. The van der Waals surface area contributed by atoms with Crippen LogP contribution in [0.1, 0.15) is 26.3 Å². The van der Waals surface area contributed by atoms with E-state index in [1.807, 2.05) is 25.7 Å². The average molecular weight is 558 g/mol. The minimum absolute atomic E-state index is 0. The summed E-state index contributed by atoms with van der Waals surface area (Å²) in [6, 6.07) is 4.18. The monoisotopic (exact) mass is 558 g/mol. The van der Waals surface area contributed by atoms with Crippen LogP contribution in [-0.4, -0.2) is 79.9 Å². The molecule has 1 aromatic carbocycles. The number of aromatic hydroxyl groups is 1. The van der Waals surface area contributed by atoms with Gasteiger partial charge < -0.3 is 20.1 Å². The molecule has 8 nitrogen and oxygen atoms in total. The third-order valence-electron chi connectivity index (χ3n) is 4.48. The van der Waals surface area contributed by atoms with E-state index in [0.717, 1.165) is 0 Å². The summed E-state index contributed by atoms with van der Waals surface area (Å²) in [5.41, 5.74) is 0.641. The second-order valence-electron chi connectivity index (χ2n) is 7.08. The van der Waals surface area contributed by atoms with Crippen LogP contribution in [0.2, 0.25) is 0 Å². The molecule has 0 atom stereocenters. The van der Waals surface area contributed by atoms with E-state index < -0.39 is 15.8 Å². The number of phenols is 1. The smallest absolute Gasteiger partial charge is 0.216 e. The van der Waals surface area contributed by atoms with E-state index in [-0.39, 0.29) is 54.7 Å². The van der Waals surface area contributed by atoms with Gasteiger partial charge in [0.05, 0.1) is 25.0 Å². The third-order valence-corrected chi connectivity index (χ3v) is 6.32. The number of ether oxygens (including phenoxy) is 1. The molecule has 1 aromatic rings. The number of guanidine groups is 1. The summed E-state index contributed by atoms with van der Waals surface area (Å²) in [4.78, 5) is 6.53. The van der Waals surface area contributed by atoms with Crippen molar-refractivity contribution < 1.29 is 22.7 Å². The third kappa shape index (κ3) is 8.16. The van der Waals surface area contributed by atoms with E-state index in [9.17, 15) is 17.9 Å². The Bertz CT molecular complexity index is 800. The normalized spacial score (nSPS) is 15.9. The Balaban J connectivity index is 0.00000450. The number of hydrogen-bond acceptors (Lipinski definition) is 5. The molecule has 0 unspecified atom stereocenters. The highest BCUT2D eigenvalue weighted by molar-refractivity contribution is 14.0. The second kappa shape index (κ2) is 12.6. The van der Waals surface area contributed by atoms with Crippen LogP contribution in [0, 0.1) is 5.82 Å². The molecular formula is C19H32FIN4O4S. The number of nitrogens with one attached hydrogen (secondary N) is 1. The summed E-state index contributed by atoms with van der Waals surface area (Å²) in [7, 11) is -3.35. The largest absolute Gasteiger partial charge is 0.505 e. The molecule has 2 rings (SSSR count). The molecule has 0 radical (unpaired) electrons. The van der Waals surface area contributed by atoms with E-state index in [0.29, 0.717) is 44.2 Å². The Kier molecular flexibility index (Phi) is 11.3. The standard InChI is InChI=1S/C19H31FN4O4S.HI/c1-4-21-19(22-14-16-5-6-18(25)17(20)13-16)23-7-9-24(10-8-23)29(26,27)12-11-28-15(2)3;/h5-6,13,15,25H,4,7-12,14H2,1-3H3,(H,21,22);1H. The predicted molar refractivity (Wildman–Crippen MR) is 126 cm³/mol. The van der Waals surface area contributed by atoms with Gasteiger partial charge in [0.2, 0.25) is 10.0 Å². The molecule has 30 heavy (non-hydrogen) atoms. The van der Waals surface area contributed by atoms with Gasteiger partial charge in [0.15, 0.2) is 17.5 Å². The van der Waals surface area contributed by atoms with Crippen molar-refractivity contribution in [2.24, 2.45) is 4.99 Å². The fourth-order valence-corrected chi connectivity index (χ4v) is 4.22. The molecule has 11 heteroatoms. The maximum atomic E-state index is 13.5. The lowest BCUT2D eigenvalue weighted by atomic mass is 10.2. The zero-order valence-electron chi connectivity index (χ0n) is 17.7. The number of hydrogen-bond donors (Lipinski definition) is 2. The van der Waals surface area contributed by atoms with Gasteiger partial charge in [-0.2, -0.15) is 4.31 Å². The van der Waals surface area contributed by atoms with Crippen LogP contribution in [0.4, 0.5) is 4.39 Å². The molecule has 172 valence electrons. The van der Waals surface area contributed by atoms with Crippen molar-refractivity contribution in [3.05, 3.63) is 29.6 Å². The highest BCUT2D eigenvalue weighted by Gasteiger charge is 2.28. The van der Waals surface area contributed by atoms with Crippen LogP contribution in [-0.2, 0) is 21.3 Å². The van der Waals surface area contributed by atoms with E-state index in [2.05, 4.69) is 10.3 Å². The van der Waals surface area contributed by atoms with Crippen LogP contribution in [0.25, 0.3) is 0 Å². The molecule has 0 saturated carbocycles. The van der Waals surface area contributed by atoms with Gasteiger partial charge in [-0.1, -0.05) is 6.07 Å². The van der Waals surface area contributed by atoms with E-state index >= 15 is 0 Å². The number of nitrogens with zero attached hydrogens (tertiary/aromatic N) is 3. The number of piperazine rings is 1. The quantitative estimate of drug-likeness (QED) is 0.288. The second-order valence-corrected chi connectivity index (χ2v) is 9.17. The Hall–Kier alpha value is -1.18. The lowest BCUT2D eigenvalue weighted by molar-refractivity contribution is 0.0904. The van der Waals surface area contributed by atoms with E-state index in [1.54, 1.807) is 6.07 Å². The van der Waals surface area contributed by atoms with E-state index in [1.165, 1.54) is 16.4 Å². The van der Waals surface area contributed by atoms with Crippen LogP contribution in [0.5, 0.6) is 5.75 Å². The zero-order chi connectivity index (χ0) is 21.4. The van der Waals surface area contributed by atoms with Gasteiger partial charge in [-0.05, 0) is 38.5 Å². The summed E-state index contributed by atoms with van der Waals surface area (Å²) >= 11 is 0. The fourth-order valence-electron chi connectivity index (χ4n) is 2.94. The zero-order valence-corrected chi connectivity index (χ0v) is 20.8. The fraction of sp³-hybridized carbons (Fsp3) is 0.632. The lowest BCUT2D eigenvalue weighted by Gasteiger charge is -2.36. The van der Waals surface area contributed by atoms with Crippen molar-refractivity contribution in [1.29, 1.82) is 0 Å². The summed E-state index contributed by atoms with van der Waals surface area (Å²) in [5.74, 6) is -0.434. The molecule has 1 heterocycles. The van der Waals surface area contributed by atoms with Gasteiger partial charge in [-0.3, -0.25) is 0 Å². The van der Waals surface area contributed by atoms with Crippen molar-refractivity contribution >= 4 is 40.0 Å². The molecule has 1 saturated heterocycles. The van der Waals surface area contributed by atoms with Gasteiger partial charge >= 0.3 is 0 Å². The average Bonchev–Trinajstić information content (AvgIpc) is 2.67. The topological polar surface area (TPSA) is 94.5 Å². The van der Waals surface area contributed by atoms with Gasteiger partial charge in [0, 0.05) is 32.7 Å². The minimum atomic E-state index is -3.35. The molecule has 0 bridgehead atoms. The summed E-state index contributed by atoms with van der Waals surface area (Å²) in [5, 5.41) is 12.5. The van der Waals surface area contributed by atoms with Crippen LogP contribution in [0.3, 0.4) is 0 Å². The Labute approximate surface area is 195 Å². The molecule has 0 amide bonds. The van der Waals surface area contributed by atoms with Crippen molar-refractivity contribution in [2.75, 3.05) is 45.1 Å². The SMILES string of the molecule is CCNC(=NCc1ccc(O)c(F)c1)N1CCN(S(=O)(=O)CCOC(C)C)CC1.I. The maximum Gasteiger partial charge on any atom is 0.216 e. The van der Waals surface area contributed by atoms with Gasteiger partial charge in [-0.25, -0.2) is 17.8 Å². The van der Waals surface area contributed by atoms with Crippen LogP contribution >= 0.6 is 24.0 Å². The maximum absolute atomic E-state index is 13.5. The molecule has 0 spiro atoms. The van der Waals surface area contributed by atoms with Gasteiger partial charge in [0.25, 0.3) is 0 Å². The summed E-state index contributed by atoms with van der Waals surface area (Å²) in [6.07, 6.45) is 0.00277. The van der Waals surface area contributed by atoms with Crippen molar-refractivity contribution in [3.63, 3.8) is 0 Å². The van der Waals surface area contributed by atoms with E-state index in [4.69, 9.17) is 4.74 Å². The lowest BCUT2D eigenvalue weighted by Crippen LogP contribution is -2.54. The van der Waals surface area contributed by atoms with Crippen molar-refractivity contribution in [2.45, 2.75) is 33.4 Å². The van der Waals surface area contributed by atoms with Crippen molar-refractivity contribution in [1.82, 2.24) is 14.5 Å². The first-order valence-corrected chi connectivity index (χ1v) is 11.4. The van der Waals surface area contributed by atoms with Gasteiger partial charge in [0.1, 0.15) is 0 Å². The van der Waals surface area contributed by atoms with Crippen LogP contribution < -0.4 is 5.32 Å². The number of benzene rings is 1. The molecule has 0 aromatic heterocycles. The summed E-state index contributed by atoms with van der Waals surface area (Å²) < 4.78 is 45.3.